The lowest BCUT2D eigenvalue weighted by Gasteiger charge is -2.27. The van der Waals surface area contributed by atoms with Gasteiger partial charge in [-0.3, -0.25) is 0 Å². The highest BCUT2D eigenvalue weighted by Gasteiger charge is 2.36. The Hall–Kier alpha value is -1.20. The molecule has 1 aliphatic heterocycles. The third-order valence-electron chi connectivity index (χ3n) is 4.55. The number of nitrogens with zero attached hydrogens (tertiary/aromatic N) is 2. The molecule has 1 saturated heterocycles. The van der Waals surface area contributed by atoms with E-state index >= 15 is 0 Å². The van der Waals surface area contributed by atoms with Crippen LogP contribution in [0.5, 0.6) is 0 Å². The van der Waals surface area contributed by atoms with E-state index in [1.165, 1.54) is 18.4 Å². The van der Waals surface area contributed by atoms with Crippen molar-refractivity contribution in [2.24, 2.45) is 0 Å². The first kappa shape index (κ1) is 22.1. The van der Waals surface area contributed by atoms with Gasteiger partial charge >= 0.3 is 6.09 Å². The number of rotatable bonds is 10. The first-order chi connectivity index (χ1) is 12.9. The van der Waals surface area contributed by atoms with E-state index in [1.54, 1.807) is 17.5 Å². The maximum Gasteiger partial charge on any atom is 0.406 e. The number of hydrogen-bond donors (Lipinski definition) is 1. The van der Waals surface area contributed by atoms with Gasteiger partial charge in [0.1, 0.15) is 4.21 Å². The molecule has 27 heavy (non-hydrogen) atoms. The molecule has 1 fully saturated rings. The maximum absolute atomic E-state index is 13.1. The fourth-order valence-electron chi connectivity index (χ4n) is 3.11. The van der Waals surface area contributed by atoms with E-state index in [2.05, 4.69) is 15.0 Å². The molecule has 0 aliphatic carbocycles. The van der Waals surface area contributed by atoms with E-state index in [0.29, 0.717) is 36.9 Å². The molecule has 1 aliphatic rings. The highest BCUT2D eigenvalue weighted by Crippen LogP contribution is 2.30. The van der Waals surface area contributed by atoms with Gasteiger partial charge in [0.05, 0.1) is 13.7 Å². The van der Waals surface area contributed by atoms with Crippen LogP contribution in [-0.2, 0) is 25.9 Å². The largest absolute Gasteiger partial charge is 0.453 e. The van der Waals surface area contributed by atoms with E-state index in [9.17, 15) is 13.2 Å². The Morgan fingerprint density at radius 1 is 1.41 bits per heavy atom. The van der Waals surface area contributed by atoms with Gasteiger partial charge in [0.2, 0.25) is 0 Å². The van der Waals surface area contributed by atoms with Crippen molar-refractivity contribution in [2.75, 3.05) is 54.1 Å². The number of likely N-dealkylation sites (N-methyl/N-ethyl adjacent to an activating group) is 1. The van der Waals surface area contributed by atoms with Crippen LogP contribution in [0.2, 0.25) is 0 Å². The van der Waals surface area contributed by atoms with E-state index in [0.717, 1.165) is 24.3 Å². The smallest absolute Gasteiger partial charge is 0.406 e. The van der Waals surface area contributed by atoms with Gasteiger partial charge in [-0.25, -0.2) is 13.2 Å². The van der Waals surface area contributed by atoms with Crippen molar-refractivity contribution in [3.63, 3.8) is 0 Å². The number of carbonyl (C=O) groups is 1. The van der Waals surface area contributed by atoms with Crippen molar-refractivity contribution in [1.82, 2.24) is 14.5 Å². The van der Waals surface area contributed by atoms with Gasteiger partial charge in [0.25, 0.3) is 10.0 Å². The third-order valence-corrected chi connectivity index (χ3v) is 8.11. The van der Waals surface area contributed by atoms with Gasteiger partial charge in [0.15, 0.2) is 0 Å². The van der Waals surface area contributed by atoms with Crippen LogP contribution in [0.25, 0.3) is 0 Å². The first-order valence-corrected chi connectivity index (χ1v) is 11.2. The van der Waals surface area contributed by atoms with Crippen LogP contribution in [0.15, 0.2) is 16.3 Å². The molecule has 0 bridgehead atoms. The summed E-state index contributed by atoms with van der Waals surface area (Å²) in [7, 11) is 1.46. The average Bonchev–Trinajstić information content (AvgIpc) is 3.30. The van der Waals surface area contributed by atoms with E-state index < -0.39 is 16.1 Å². The first-order valence-electron chi connectivity index (χ1n) is 8.98. The van der Waals surface area contributed by atoms with Crippen LogP contribution in [-0.4, -0.2) is 83.8 Å². The Labute approximate surface area is 165 Å². The summed E-state index contributed by atoms with van der Waals surface area (Å²) >= 11 is 1.27. The number of nitrogens with one attached hydrogen (secondary N) is 1. The second-order valence-electron chi connectivity index (χ2n) is 6.56. The summed E-state index contributed by atoms with van der Waals surface area (Å²) in [4.78, 5) is 14.1. The lowest BCUT2D eigenvalue weighted by Crippen LogP contribution is -2.42. The van der Waals surface area contributed by atoms with Crippen molar-refractivity contribution in [3.8, 4) is 0 Å². The number of hydrogen-bond acceptors (Lipinski definition) is 7. The van der Waals surface area contributed by atoms with E-state index in [1.807, 2.05) is 13.1 Å². The number of amides is 1. The van der Waals surface area contributed by atoms with Crippen LogP contribution in [0.3, 0.4) is 0 Å². The fourth-order valence-corrected chi connectivity index (χ4v) is 6.28. The van der Waals surface area contributed by atoms with Crippen molar-refractivity contribution in [3.05, 3.63) is 17.0 Å². The van der Waals surface area contributed by atoms with Crippen LogP contribution in [0.4, 0.5) is 4.79 Å². The quantitative estimate of drug-likeness (QED) is 0.616. The molecule has 0 saturated carbocycles. The summed E-state index contributed by atoms with van der Waals surface area (Å²) < 4.78 is 37.8. The van der Waals surface area contributed by atoms with Crippen molar-refractivity contribution >= 4 is 27.5 Å². The Morgan fingerprint density at radius 2 is 2.19 bits per heavy atom. The van der Waals surface area contributed by atoms with Gasteiger partial charge in [-0.05, 0) is 38.4 Å². The third kappa shape index (κ3) is 6.15. The predicted octanol–water partition coefficient (Wildman–Crippen LogP) is 1.38. The van der Waals surface area contributed by atoms with Crippen molar-refractivity contribution in [1.29, 1.82) is 0 Å². The van der Waals surface area contributed by atoms with Gasteiger partial charge < -0.3 is 19.7 Å². The maximum atomic E-state index is 13.1. The van der Waals surface area contributed by atoms with Gasteiger partial charge in [-0.15, -0.1) is 11.3 Å². The summed E-state index contributed by atoms with van der Waals surface area (Å²) in [6.07, 6.45) is 1.83. The van der Waals surface area contributed by atoms with Crippen LogP contribution in [0, 0.1) is 0 Å². The highest BCUT2D eigenvalue weighted by atomic mass is 32.2. The van der Waals surface area contributed by atoms with Crippen molar-refractivity contribution in [2.45, 2.75) is 29.5 Å². The fraction of sp³-hybridized carbons (Fsp3) is 0.706. The minimum Gasteiger partial charge on any atom is -0.453 e. The summed E-state index contributed by atoms with van der Waals surface area (Å²) in [5.41, 5.74) is 0. The molecule has 0 aromatic carbocycles. The Kier molecular flexibility index (Phi) is 8.49. The predicted molar refractivity (Wildman–Crippen MR) is 105 cm³/mol. The lowest BCUT2D eigenvalue weighted by molar-refractivity contribution is 0.151. The Balaban J connectivity index is 1.99. The number of sulfonamides is 1. The summed E-state index contributed by atoms with van der Waals surface area (Å²) in [6.45, 7) is 3.07. The number of alkyl carbamates (subject to hydrolysis) is 1. The number of ether oxygens (including phenoxy) is 2. The van der Waals surface area contributed by atoms with Gasteiger partial charge in [0, 0.05) is 44.2 Å². The molecule has 0 spiro atoms. The Bertz CT molecular complexity index is 707. The van der Waals surface area contributed by atoms with Crippen LogP contribution in [0.1, 0.15) is 17.7 Å². The van der Waals surface area contributed by atoms with E-state index in [4.69, 9.17) is 4.74 Å². The molecule has 1 atom stereocenters. The molecule has 8 nitrogen and oxygen atoms in total. The SMILES string of the molecule is COCCN(C)C[C@@H]1CCCN1S(=O)(=O)c1ccc(CCNC(=O)OC)s1. The second kappa shape index (κ2) is 10.4. The zero-order valence-electron chi connectivity index (χ0n) is 16.1. The average molecular weight is 420 g/mol. The number of methoxy groups -OCH3 is 2. The van der Waals surface area contributed by atoms with Gasteiger partial charge in [-0.2, -0.15) is 4.31 Å². The molecule has 0 unspecified atom stereocenters. The lowest BCUT2D eigenvalue weighted by atomic mass is 10.2. The molecular formula is C17H29N3O5S2. The monoisotopic (exact) mass is 419 g/mol. The van der Waals surface area contributed by atoms with Crippen molar-refractivity contribution < 1.29 is 22.7 Å². The normalized spacial score (nSPS) is 18.1. The summed E-state index contributed by atoms with van der Waals surface area (Å²) in [5.74, 6) is 0. The standard InChI is InChI=1S/C17H29N3O5S2/c1-19(11-12-24-2)13-14-5-4-10-20(14)27(22,23)16-7-6-15(26-16)8-9-18-17(21)25-3/h6-7,14H,4-5,8-13H2,1-3H3,(H,18,21)/t14-/m0/s1. The molecule has 10 heteroatoms. The van der Waals surface area contributed by atoms with Crippen LogP contribution < -0.4 is 5.32 Å². The minimum atomic E-state index is -3.50. The molecular weight excluding hydrogens is 390 g/mol. The number of thiophene rings is 1. The van der Waals surface area contributed by atoms with Crippen LogP contribution >= 0.6 is 11.3 Å². The molecule has 2 rings (SSSR count). The minimum absolute atomic E-state index is 0.0107. The molecule has 154 valence electrons. The molecule has 2 heterocycles. The number of carbonyl (C=O) groups excluding carboxylic acids is 1. The zero-order chi connectivity index (χ0) is 19.9. The topological polar surface area (TPSA) is 88.2 Å². The van der Waals surface area contributed by atoms with Gasteiger partial charge in [-0.1, -0.05) is 0 Å². The molecule has 1 aromatic rings. The highest BCUT2D eigenvalue weighted by molar-refractivity contribution is 7.91. The Morgan fingerprint density at radius 3 is 2.89 bits per heavy atom. The zero-order valence-corrected chi connectivity index (χ0v) is 17.8. The molecule has 1 amide bonds. The summed E-state index contributed by atoms with van der Waals surface area (Å²) in [5, 5.41) is 2.60. The summed E-state index contributed by atoms with van der Waals surface area (Å²) in [6, 6.07) is 3.47. The molecule has 1 aromatic heterocycles. The van der Waals surface area contributed by atoms with E-state index in [-0.39, 0.29) is 6.04 Å². The second-order valence-corrected chi connectivity index (χ2v) is 9.84. The molecule has 1 N–H and O–H groups in total. The molecule has 0 radical (unpaired) electrons.